The van der Waals surface area contributed by atoms with Crippen molar-refractivity contribution >= 4 is 22.6 Å². The highest BCUT2D eigenvalue weighted by Crippen LogP contribution is 2.40. The predicted molar refractivity (Wildman–Crippen MR) is 122 cm³/mol. The van der Waals surface area contributed by atoms with Crippen molar-refractivity contribution in [1.29, 1.82) is 0 Å². The van der Waals surface area contributed by atoms with Gasteiger partial charge in [0.25, 0.3) is 5.91 Å². The zero-order chi connectivity index (χ0) is 22.5. The molecule has 2 aliphatic heterocycles. The summed E-state index contributed by atoms with van der Waals surface area (Å²) in [6.45, 7) is 9.30. The third-order valence-corrected chi connectivity index (χ3v) is 7.20. The molecule has 0 radical (unpaired) electrons. The summed E-state index contributed by atoms with van der Waals surface area (Å²) in [7, 11) is 0. The molecule has 4 heterocycles. The Labute approximate surface area is 187 Å². The molecule has 2 fully saturated rings. The van der Waals surface area contributed by atoms with Gasteiger partial charge in [0, 0.05) is 54.9 Å². The number of aromatic amines is 1. The molecule has 2 aromatic heterocycles. The number of carbonyl (C=O) groups is 1. The number of nitrogens with zero attached hydrogens (tertiary/aromatic N) is 2. The highest BCUT2D eigenvalue weighted by Gasteiger charge is 2.46. The SMILES string of the molecule is Cc1cccc(F)c1CNc1nc(C(=O)N2CC3(CCOCC3)C2)cc2c(C)c(C)[nH]c12. The molecule has 3 aromatic rings. The number of fused-ring (bicyclic) bond motifs is 1. The fraction of sp³-hybridized carbons (Fsp3) is 0.440. The van der Waals surface area contributed by atoms with Crippen LogP contribution in [0.1, 0.15) is 45.7 Å². The second-order valence-corrected chi connectivity index (χ2v) is 9.32. The van der Waals surface area contributed by atoms with E-state index < -0.39 is 0 Å². The highest BCUT2D eigenvalue weighted by molar-refractivity contribution is 6.01. The molecular weight excluding hydrogens is 407 g/mol. The van der Waals surface area contributed by atoms with Gasteiger partial charge in [-0.1, -0.05) is 12.1 Å². The van der Waals surface area contributed by atoms with Gasteiger partial charge in [-0.2, -0.15) is 0 Å². The number of ether oxygens (including phenoxy) is 1. The quantitative estimate of drug-likeness (QED) is 0.632. The lowest BCUT2D eigenvalue weighted by Crippen LogP contribution is -2.60. The van der Waals surface area contributed by atoms with E-state index in [1.165, 1.54) is 6.07 Å². The van der Waals surface area contributed by atoms with Crippen molar-refractivity contribution in [3.8, 4) is 0 Å². The van der Waals surface area contributed by atoms with Crippen LogP contribution in [0.15, 0.2) is 24.3 Å². The van der Waals surface area contributed by atoms with Crippen molar-refractivity contribution in [2.24, 2.45) is 5.41 Å². The lowest BCUT2D eigenvalue weighted by molar-refractivity contribution is -0.0667. The van der Waals surface area contributed by atoms with Gasteiger partial charge in [-0.25, -0.2) is 9.37 Å². The predicted octanol–water partition coefficient (Wildman–Crippen LogP) is 4.49. The number of benzene rings is 1. The summed E-state index contributed by atoms with van der Waals surface area (Å²) < 4.78 is 19.8. The lowest BCUT2D eigenvalue weighted by Gasteiger charge is -2.52. The van der Waals surface area contributed by atoms with Gasteiger partial charge in [-0.3, -0.25) is 4.79 Å². The van der Waals surface area contributed by atoms with Crippen LogP contribution >= 0.6 is 0 Å². The van der Waals surface area contributed by atoms with Crippen LogP contribution < -0.4 is 5.32 Å². The molecular formula is C25H29FN4O2. The van der Waals surface area contributed by atoms with Gasteiger partial charge in [0.15, 0.2) is 5.82 Å². The minimum Gasteiger partial charge on any atom is -0.381 e. The molecule has 1 amide bonds. The largest absolute Gasteiger partial charge is 0.381 e. The fourth-order valence-corrected chi connectivity index (χ4v) is 4.94. The fourth-order valence-electron chi connectivity index (χ4n) is 4.94. The molecule has 7 heteroatoms. The molecule has 2 aliphatic rings. The molecule has 2 N–H and O–H groups in total. The third-order valence-electron chi connectivity index (χ3n) is 7.20. The number of pyridine rings is 1. The van der Waals surface area contributed by atoms with Crippen molar-refractivity contribution in [3.63, 3.8) is 0 Å². The Hall–Kier alpha value is -2.93. The number of aromatic nitrogens is 2. The van der Waals surface area contributed by atoms with Crippen LogP contribution in [0.3, 0.4) is 0 Å². The first-order valence-electron chi connectivity index (χ1n) is 11.2. The first-order chi connectivity index (χ1) is 15.4. The standard InChI is InChI=1S/C25H29FN4O2/c1-15-5-4-6-20(26)19(15)12-27-23-22-18(16(2)17(3)28-22)11-21(29-23)24(31)30-13-25(14-30)7-9-32-10-8-25/h4-6,11,28H,7-10,12-14H2,1-3H3,(H,27,29). The third kappa shape index (κ3) is 3.54. The number of hydrogen-bond acceptors (Lipinski definition) is 4. The van der Waals surface area contributed by atoms with Crippen LogP contribution in [0.5, 0.6) is 0 Å². The second-order valence-electron chi connectivity index (χ2n) is 9.32. The van der Waals surface area contributed by atoms with Gasteiger partial charge in [0.1, 0.15) is 11.5 Å². The summed E-state index contributed by atoms with van der Waals surface area (Å²) in [4.78, 5) is 23.2. The first-order valence-corrected chi connectivity index (χ1v) is 11.2. The molecule has 1 aromatic carbocycles. The number of H-pyrrole nitrogens is 1. The van der Waals surface area contributed by atoms with Crippen LogP contribution in [0, 0.1) is 32.0 Å². The van der Waals surface area contributed by atoms with E-state index >= 15 is 0 Å². The Bertz CT molecular complexity index is 1170. The molecule has 32 heavy (non-hydrogen) atoms. The number of carbonyl (C=O) groups excluding carboxylic acids is 1. The Morgan fingerprint density at radius 3 is 2.72 bits per heavy atom. The second kappa shape index (κ2) is 7.89. The highest BCUT2D eigenvalue weighted by atomic mass is 19.1. The van der Waals surface area contributed by atoms with E-state index in [0.29, 0.717) is 23.6 Å². The monoisotopic (exact) mass is 436 g/mol. The minimum absolute atomic E-state index is 0.0487. The van der Waals surface area contributed by atoms with Gasteiger partial charge in [0.05, 0.1) is 5.52 Å². The molecule has 0 atom stereocenters. The maximum Gasteiger partial charge on any atom is 0.272 e. The maximum atomic E-state index is 14.3. The van der Waals surface area contributed by atoms with Crippen LogP contribution in [0.4, 0.5) is 10.2 Å². The summed E-state index contributed by atoms with van der Waals surface area (Å²) in [5.41, 5.74) is 5.07. The number of hydrogen-bond donors (Lipinski definition) is 2. The molecule has 1 spiro atoms. The van der Waals surface area contributed by atoms with Gasteiger partial charge < -0.3 is 19.9 Å². The number of anilines is 1. The smallest absolute Gasteiger partial charge is 0.272 e. The number of rotatable bonds is 4. The summed E-state index contributed by atoms with van der Waals surface area (Å²) >= 11 is 0. The first kappa shape index (κ1) is 20.9. The normalized spacial score (nSPS) is 17.6. The van der Waals surface area contributed by atoms with Crippen LogP contribution in [-0.4, -0.2) is 47.1 Å². The van der Waals surface area contributed by atoms with Crippen molar-refractivity contribution in [2.75, 3.05) is 31.6 Å². The molecule has 6 nitrogen and oxygen atoms in total. The van der Waals surface area contributed by atoms with Crippen LogP contribution in [-0.2, 0) is 11.3 Å². The number of aryl methyl sites for hydroxylation is 3. The lowest BCUT2D eigenvalue weighted by atomic mass is 9.73. The summed E-state index contributed by atoms with van der Waals surface area (Å²) in [5.74, 6) is 0.278. The molecule has 5 rings (SSSR count). The van der Waals surface area contributed by atoms with E-state index in [1.54, 1.807) is 6.07 Å². The van der Waals surface area contributed by atoms with E-state index in [1.807, 2.05) is 37.8 Å². The summed E-state index contributed by atoms with van der Waals surface area (Å²) in [5, 5.41) is 4.25. The van der Waals surface area contributed by atoms with Crippen molar-refractivity contribution in [3.05, 3.63) is 58.2 Å². The number of nitrogens with one attached hydrogen (secondary N) is 2. The Morgan fingerprint density at radius 2 is 2.00 bits per heavy atom. The maximum absolute atomic E-state index is 14.3. The zero-order valence-electron chi connectivity index (χ0n) is 18.8. The molecule has 168 valence electrons. The minimum atomic E-state index is -0.248. The van der Waals surface area contributed by atoms with Gasteiger partial charge >= 0.3 is 0 Å². The van der Waals surface area contributed by atoms with E-state index in [-0.39, 0.29) is 17.1 Å². The Kier molecular flexibility index (Phi) is 5.16. The van der Waals surface area contributed by atoms with Gasteiger partial charge in [-0.05, 0) is 56.9 Å². The number of amides is 1. The van der Waals surface area contributed by atoms with Crippen LogP contribution in [0.25, 0.3) is 10.9 Å². The van der Waals surface area contributed by atoms with Crippen LogP contribution in [0.2, 0.25) is 0 Å². The van der Waals surface area contributed by atoms with Gasteiger partial charge in [0.2, 0.25) is 0 Å². The number of halogens is 1. The van der Waals surface area contributed by atoms with Crippen molar-refractivity contribution in [2.45, 2.75) is 40.2 Å². The van der Waals surface area contributed by atoms with E-state index in [4.69, 9.17) is 4.74 Å². The van der Waals surface area contributed by atoms with Crippen molar-refractivity contribution in [1.82, 2.24) is 14.9 Å². The molecule has 0 unspecified atom stereocenters. The van der Waals surface area contributed by atoms with E-state index in [2.05, 4.69) is 15.3 Å². The molecule has 0 bridgehead atoms. The zero-order valence-corrected chi connectivity index (χ0v) is 18.8. The molecule has 0 aliphatic carbocycles. The van der Waals surface area contributed by atoms with Crippen molar-refractivity contribution < 1.29 is 13.9 Å². The average Bonchev–Trinajstić information content (AvgIpc) is 3.05. The number of likely N-dealkylation sites (tertiary alicyclic amines) is 1. The van der Waals surface area contributed by atoms with E-state index in [0.717, 1.165) is 66.9 Å². The topological polar surface area (TPSA) is 70.2 Å². The Morgan fingerprint density at radius 1 is 1.25 bits per heavy atom. The molecule has 0 saturated carbocycles. The van der Waals surface area contributed by atoms with Gasteiger partial charge in [-0.15, -0.1) is 0 Å². The summed E-state index contributed by atoms with van der Waals surface area (Å²) in [6, 6.07) is 6.94. The Balaban J connectivity index is 1.44. The summed E-state index contributed by atoms with van der Waals surface area (Å²) in [6.07, 6.45) is 2.02. The molecule has 2 saturated heterocycles. The average molecular weight is 437 g/mol. The van der Waals surface area contributed by atoms with E-state index in [9.17, 15) is 9.18 Å².